The Kier molecular flexibility index (Phi) is 7.23. The molecule has 7 heteroatoms. The number of amides is 2. The fraction of sp³-hybridized carbons (Fsp3) is 0.160. The van der Waals surface area contributed by atoms with Crippen molar-refractivity contribution in [3.63, 3.8) is 0 Å². The predicted octanol–water partition coefficient (Wildman–Crippen LogP) is 4.36. The van der Waals surface area contributed by atoms with E-state index in [-0.39, 0.29) is 23.8 Å². The Morgan fingerprint density at radius 3 is 2.19 bits per heavy atom. The van der Waals surface area contributed by atoms with Gasteiger partial charge < -0.3 is 20.1 Å². The van der Waals surface area contributed by atoms with Crippen LogP contribution >= 0.6 is 0 Å². The van der Waals surface area contributed by atoms with Gasteiger partial charge in [0.25, 0.3) is 11.8 Å². The first-order valence-electron chi connectivity index (χ1n) is 9.97. The van der Waals surface area contributed by atoms with E-state index in [9.17, 15) is 14.4 Å². The van der Waals surface area contributed by atoms with Crippen LogP contribution in [-0.4, -0.2) is 31.5 Å². The van der Waals surface area contributed by atoms with E-state index < -0.39 is 11.9 Å². The lowest BCUT2D eigenvalue weighted by atomic mass is 10.1. The molecule has 0 aliphatic carbocycles. The summed E-state index contributed by atoms with van der Waals surface area (Å²) in [6.45, 7) is 3.56. The predicted molar refractivity (Wildman–Crippen MR) is 122 cm³/mol. The van der Waals surface area contributed by atoms with E-state index in [4.69, 9.17) is 9.47 Å². The molecule has 3 aromatic rings. The van der Waals surface area contributed by atoms with Crippen molar-refractivity contribution < 1.29 is 23.9 Å². The maximum atomic E-state index is 12.8. The van der Waals surface area contributed by atoms with Crippen LogP contribution in [0.3, 0.4) is 0 Å². The SMILES string of the molecule is COC(=O)c1ccccc1NC(=O)COc1ccccc1C(=O)Nc1cccc(C)c1C. The van der Waals surface area contributed by atoms with Crippen LogP contribution in [0, 0.1) is 13.8 Å². The lowest BCUT2D eigenvalue weighted by Crippen LogP contribution is -2.23. The number of para-hydroxylation sites is 2. The molecule has 0 aromatic heterocycles. The Hall–Kier alpha value is -4.13. The van der Waals surface area contributed by atoms with Crippen LogP contribution in [0.2, 0.25) is 0 Å². The van der Waals surface area contributed by atoms with Crippen molar-refractivity contribution >= 4 is 29.2 Å². The van der Waals surface area contributed by atoms with Gasteiger partial charge in [-0.25, -0.2) is 4.79 Å². The fourth-order valence-electron chi connectivity index (χ4n) is 3.07. The third-order valence-corrected chi connectivity index (χ3v) is 4.95. The van der Waals surface area contributed by atoms with Crippen molar-refractivity contribution in [2.24, 2.45) is 0 Å². The molecule has 32 heavy (non-hydrogen) atoms. The highest BCUT2D eigenvalue weighted by Crippen LogP contribution is 2.23. The minimum atomic E-state index is -0.560. The third-order valence-electron chi connectivity index (χ3n) is 4.95. The summed E-state index contributed by atoms with van der Waals surface area (Å²) in [4.78, 5) is 37.1. The molecule has 2 amide bonds. The smallest absolute Gasteiger partial charge is 0.339 e. The second-order valence-corrected chi connectivity index (χ2v) is 7.07. The highest BCUT2D eigenvalue weighted by atomic mass is 16.5. The maximum Gasteiger partial charge on any atom is 0.339 e. The van der Waals surface area contributed by atoms with Gasteiger partial charge in [-0.1, -0.05) is 36.4 Å². The molecule has 3 rings (SSSR count). The van der Waals surface area contributed by atoms with Crippen LogP contribution in [0.25, 0.3) is 0 Å². The zero-order chi connectivity index (χ0) is 23.1. The number of aryl methyl sites for hydroxylation is 1. The monoisotopic (exact) mass is 432 g/mol. The van der Waals surface area contributed by atoms with Crippen molar-refractivity contribution in [3.05, 3.63) is 89.0 Å². The van der Waals surface area contributed by atoms with Gasteiger partial charge in [0.05, 0.1) is 23.9 Å². The van der Waals surface area contributed by atoms with Crippen molar-refractivity contribution in [1.82, 2.24) is 0 Å². The molecule has 0 aliphatic heterocycles. The number of anilines is 2. The minimum Gasteiger partial charge on any atom is -0.483 e. The first-order valence-corrected chi connectivity index (χ1v) is 9.97. The summed E-state index contributed by atoms with van der Waals surface area (Å²) in [6, 6.07) is 18.9. The van der Waals surface area contributed by atoms with Crippen LogP contribution in [0.5, 0.6) is 5.75 Å². The number of carbonyl (C=O) groups is 3. The third kappa shape index (κ3) is 5.31. The van der Waals surface area contributed by atoms with Crippen molar-refractivity contribution in [3.8, 4) is 5.75 Å². The number of ether oxygens (including phenoxy) is 2. The highest BCUT2D eigenvalue weighted by Gasteiger charge is 2.16. The van der Waals surface area contributed by atoms with Gasteiger partial charge >= 0.3 is 5.97 Å². The number of nitrogens with one attached hydrogen (secondary N) is 2. The lowest BCUT2D eigenvalue weighted by Gasteiger charge is -2.14. The van der Waals surface area contributed by atoms with Crippen molar-refractivity contribution in [2.75, 3.05) is 24.4 Å². The molecule has 0 atom stereocenters. The average molecular weight is 432 g/mol. The Morgan fingerprint density at radius 1 is 0.781 bits per heavy atom. The second kappa shape index (κ2) is 10.3. The second-order valence-electron chi connectivity index (χ2n) is 7.07. The van der Waals surface area contributed by atoms with Crippen molar-refractivity contribution in [2.45, 2.75) is 13.8 Å². The molecular weight excluding hydrogens is 408 g/mol. The summed E-state index contributed by atoms with van der Waals surface area (Å²) in [5, 5.41) is 5.52. The minimum absolute atomic E-state index is 0.233. The van der Waals surface area contributed by atoms with Gasteiger partial charge in [0.15, 0.2) is 6.61 Å². The Labute approximate surface area is 186 Å². The van der Waals surface area contributed by atoms with Gasteiger partial charge in [-0.3, -0.25) is 9.59 Å². The Morgan fingerprint density at radius 2 is 1.44 bits per heavy atom. The van der Waals surface area contributed by atoms with Crippen molar-refractivity contribution in [1.29, 1.82) is 0 Å². The summed E-state index contributed by atoms with van der Waals surface area (Å²) in [5.41, 5.74) is 3.60. The van der Waals surface area contributed by atoms with E-state index >= 15 is 0 Å². The number of methoxy groups -OCH3 is 1. The molecule has 0 saturated carbocycles. The van der Waals surface area contributed by atoms with E-state index in [1.807, 2.05) is 32.0 Å². The normalized spacial score (nSPS) is 10.2. The van der Waals surface area contributed by atoms with E-state index in [0.29, 0.717) is 16.9 Å². The number of carbonyl (C=O) groups excluding carboxylic acids is 3. The first-order chi connectivity index (χ1) is 15.4. The molecule has 0 fully saturated rings. The van der Waals surface area contributed by atoms with Gasteiger partial charge in [-0.2, -0.15) is 0 Å². The number of hydrogen-bond donors (Lipinski definition) is 2. The molecule has 0 heterocycles. The molecular formula is C25H24N2O5. The maximum absolute atomic E-state index is 12.8. The summed E-state index contributed by atoms with van der Waals surface area (Å²) < 4.78 is 10.4. The van der Waals surface area contributed by atoms with E-state index in [1.54, 1.807) is 48.5 Å². The van der Waals surface area contributed by atoms with Crippen LogP contribution < -0.4 is 15.4 Å². The van der Waals surface area contributed by atoms with Gasteiger partial charge in [0.1, 0.15) is 5.75 Å². The molecule has 0 aliphatic rings. The molecule has 7 nitrogen and oxygen atoms in total. The zero-order valence-electron chi connectivity index (χ0n) is 18.1. The Balaban J connectivity index is 1.69. The topological polar surface area (TPSA) is 93.7 Å². The number of rotatable bonds is 7. The van der Waals surface area contributed by atoms with Crippen LogP contribution in [-0.2, 0) is 9.53 Å². The van der Waals surface area contributed by atoms with Crippen LogP contribution in [0.1, 0.15) is 31.8 Å². The quantitative estimate of drug-likeness (QED) is 0.541. The first kappa shape index (κ1) is 22.6. The number of hydrogen-bond acceptors (Lipinski definition) is 5. The molecule has 3 aromatic carbocycles. The highest BCUT2D eigenvalue weighted by molar-refractivity contribution is 6.07. The average Bonchev–Trinajstić information content (AvgIpc) is 2.80. The Bertz CT molecular complexity index is 1160. The molecule has 0 spiro atoms. The molecule has 0 bridgehead atoms. The molecule has 164 valence electrons. The van der Waals surface area contributed by atoms with Crippen LogP contribution in [0.15, 0.2) is 66.7 Å². The van der Waals surface area contributed by atoms with E-state index in [1.165, 1.54) is 7.11 Å². The van der Waals surface area contributed by atoms with Gasteiger partial charge in [-0.05, 0) is 55.3 Å². The summed E-state index contributed by atoms with van der Waals surface area (Å²) in [6.07, 6.45) is 0. The summed E-state index contributed by atoms with van der Waals surface area (Å²) in [7, 11) is 1.27. The van der Waals surface area contributed by atoms with Gasteiger partial charge in [0.2, 0.25) is 0 Å². The van der Waals surface area contributed by atoms with E-state index in [2.05, 4.69) is 10.6 Å². The largest absolute Gasteiger partial charge is 0.483 e. The zero-order valence-corrected chi connectivity index (χ0v) is 18.1. The van der Waals surface area contributed by atoms with Crippen LogP contribution in [0.4, 0.5) is 11.4 Å². The fourth-order valence-corrected chi connectivity index (χ4v) is 3.07. The number of esters is 1. The molecule has 0 radical (unpaired) electrons. The lowest BCUT2D eigenvalue weighted by molar-refractivity contribution is -0.118. The molecule has 0 unspecified atom stereocenters. The standard InChI is InChI=1S/C25H24N2O5/c1-16-9-8-13-20(17(16)2)27-24(29)19-11-5-7-14-22(19)32-15-23(28)26-21-12-6-4-10-18(21)25(30)31-3/h4-14H,15H2,1-3H3,(H,26,28)(H,27,29). The molecule has 0 saturated heterocycles. The number of benzene rings is 3. The summed E-state index contributed by atoms with van der Waals surface area (Å²) in [5.74, 6) is -1.11. The van der Waals surface area contributed by atoms with Gasteiger partial charge in [-0.15, -0.1) is 0 Å². The van der Waals surface area contributed by atoms with Gasteiger partial charge in [0, 0.05) is 5.69 Å². The summed E-state index contributed by atoms with van der Waals surface area (Å²) >= 11 is 0. The molecule has 2 N–H and O–H groups in total. The van der Waals surface area contributed by atoms with E-state index in [0.717, 1.165) is 11.1 Å².